The number of hydrogen-bond donors (Lipinski definition) is 0. The van der Waals surface area contributed by atoms with Gasteiger partial charge in [-0.05, 0) is 77.4 Å². The Morgan fingerprint density at radius 2 is 0.548 bits per heavy atom. The third-order valence-corrected chi connectivity index (χ3v) is 7.22. The van der Waals surface area contributed by atoms with Gasteiger partial charge in [0.1, 0.15) is 0 Å². The molecule has 2 atom stereocenters. The minimum absolute atomic E-state index is 0.529. The summed E-state index contributed by atoms with van der Waals surface area (Å²) in [7, 11) is 0. The molecule has 0 spiro atoms. The van der Waals surface area contributed by atoms with E-state index in [2.05, 4.69) is 83.1 Å². The van der Waals surface area contributed by atoms with E-state index >= 15 is 0 Å². The third kappa shape index (κ3) is 15.5. The molecule has 0 heteroatoms. The molecule has 0 aromatic carbocycles. The van der Waals surface area contributed by atoms with E-state index in [-0.39, 0.29) is 0 Å². The summed E-state index contributed by atoms with van der Waals surface area (Å²) in [6, 6.07) is 0. The fraction of sp³-hybridized carbons (Fsp3) is 1.00. The number of rotatable bonds is 4. The molecule has 0 bridgehead atoms. The van der Waals surface area contributed by atoms with Crippen molar-refractivity contribution in [1.29, 1.82) is 0 Å². The van der Waals surface area contributed by atoms with Crippen molar-refractivity contribution in [2.45, 2.75) is 154 Å². The van der Waals surface area contributed by atoms with E-state index in [1.165, 1.54) is 70.6 Å². The monoisotopic (exact) mass is 434 g/mol. The summed E-state index contributed by atoms with van der Waals surface area (Å²) in [4.78, 5) is 0. The summed E-state index contributed by atoms with van der Waals surface area (Å²) in [5.41, 5.74) is 2.12. The molecule has 2 aliphatic rings. The Morgan fingerprint density at radius 1 is 0.355 bits per heavy atom. The minimum Gasteiger partial charge on any atom is -0.0602 e. The van der Waals surface area contributed by atoms with Gasteiger partial charge in [-0.2, -0.15) is 0 Å². The van der Waals surface area contributed by atoms with Crippen molar-refractivity contribution in [2.24, 2.45) is 45.3 Å². The van der Waals surface area contributed by atoms with Crippen LogP contribution in [-0.2, 0) is 0 Å². The maximum atomic E-state index is 2.38. The van der Waals surface area contributed by atoms with Crippen molar-refractivity contribution in [3.05, 3.63) is 0 Å². The van der Waals surface area contributed by atoms with Crippen molar-refractivity contribution in [1.82, 2.24) is 0 Å². The molecular formula is C31H62. The summed E-state index contributed by atoms with van der Waals surface area (Å²) in [6.07, 6.45) is 16.1. The van der Waals surface area contributed by atoms with Crippen molar-refractivity contribution < 1.29 is 0 Å². The van der Waals surface area contributed by atoms with E-state index in [1.54, 1.807) is 0 Å². The molecule has 0 nitrogen and oxygen atoms in total. The number of hydrogen-bond acceptors (Lipinski definition) is 0. The Bertz CT molecular complexity index is 430. The Morgan fingerprint density at radius 3 is 0.774 bits per heavy atom. The molecule has 2 unspecified atom stereocenters. The van der Waals surface area contributed by atoms with Gasteiger partial charge < -0.3 is 0 Å². The normalized spacial score (nSPS) is 28.3. The minimum atomic E-state index is 0.529. The van der Waals surface area contributed by atoms with Crippen molar-refractivity contribution >= 4 is 0 Å². The zero-order chi connectivity index (χ0) is 24.1. The lowest BCUT2D eigenvalue weighted by Crippen LogP contribution is -2.22. The van der Waals surface area contributed by atoms with Crippen LogP contribution in [-0.4, -0.2) is 0 Å². The SMILES string of the molecule is CC(C)(C)CC1CCC(CC(C)(C)C)C1.CC(C)(C)CC1CCC(CC(C)(C)C)CC1. The smallest absolute Gasteiger partial charge is 0.0380 e. The summed E-state index contributed by atoms with van der Waals surface area (Å²) < 4.78 is 0. The van der Waals surface area contributed by atoms with Gasteiger partial charge in [-0.25, -0.2) is 0 Å². The highest BCUT2D eigenvalue weighted by molar-refractivity contribution is 4.82. The van der Waals surface area contributed by atoms with Gasteiger partial charge in [0.05, 0.1) is 0 Å². The van der Waals surface area contributed by atoms with E-state index in [0.29, 0.717) is 21.7 Å². The topological polar surface area (TPSA) is 0 Å². The van der Waals surface area contributed by atoms with E-state index in [4.69, 9.17) is 0 Å². The molecule has 2 fully saturated rings. The van der Waals surface area contributed by atoms with Crippen LogP contribution in [0.4, 0.5) is 0 Å². The predicted molar refractivity (Wildman–Crippen MR) is 143 cm³/mol. The van der Waals surface area contributed by atoms with Crippen LogP contribution in [0.25, 0.3) is 0 Å². The van der Waals surface area contributed by atoms with Crippen LogP contribution in [0.1, 0.15) is 154 Å². The lowest BCUT2D eigenvalue weighted by molar-refractivity contribution is 0.171. The molecule has 0 N–H and O–H groups in total. The molecule has 0 aliphatic heterocycles. The quantitative estimate of drug-likeness (QED) is 0.412. The largest absolute Gasteiger partial charge is 0.0602 e. The molecule has 0 amide bonds. The van der Waals surface area contributed by atoms with Gasteiger partial charge in [0.25, 0.3) is 0 Å². The first-order chi connectivity index (χ1) is 13.8. The fourth-order valence-electron chi connectivity index (χ4n) is 6.65. The van der Waals surface area contributed by atoms with Gasteiger partial charge in [0.15, 0.2) is 0 Å². The molecule has 0 aromatic heterocycles. The summed E-state index contributed by atoms with van der Waals surface area (Å²) >= 11 is 0. The van der Waals surface area contributed by atoms with Crippen LogP contribution in [0.3, 0.4) is 0 Å². The first-order valence-corrected chi connectivity index (χ1v) is 13.8. The Hall–Kier alpha value is 0. The highest BCUT2D eigenvalue weighted by Gasteiger charge is 2.30. The molecule has 186 valence electrons. The average molecular weight is 435 g/mol. The Labute approximate surface area is 199 Å². The lowest BCUT2D eigenvalue weighted by atomic mass is 9.71. The summed E-state index contributed by atoms with van der Waals surface area (Å²) in [6.45, 7) is 28.6. The second-order valence-electron chi connectivity index (χ2n) is 16.5. The van der Waals surface area contributed by atoms with Gasteiger partial charge in [-0.1, -0.05) is 122 Å². The van der Waals surface area contributed by atoms with Gasteiger partial charge in [-0.3, -0.25) is 0 Å². The predicted octanol–water partition coefficient (Wildman–Crippen LogP) is 10.9. The van der Waals surface area contributed by atoms with Crippen molar-refractivity contribution in [2.75, 3.05) is 0 Å². The van der Waals surface area contributed by atoms with Gasteiger partial charge in [0, 0.05) is 0 Å². The highest BCUT2D eigenvalue weighted by atomic mass is 14.4. The Kier molecular flexibility index (Phi) is 10.7. The van der Waals surface area contributed by atoms with Gasteiger partial charge >= 0.3 is 0 Å². The molecule has 0 saturated heterocycles. The molecule has 0 aromatic rings. The van der Waals surface area contributed by atoms with E-state index < -0.39 is 0 Å². The molecular weight excluding hydrogens is 372 g/mol. The van der Waals surface area contributed by atoms with Gasteiger partial charge in [-0.15, -0.1) is 0 Å². The zero-order valence-corrected chi connectivity index (χ0v) is 24.1. The fourth-order valence-corrected chi connectivity index (χ4v) is 6.65. The molecule has 31 heavy (non-hydrogen) atoms. The molecule has 2 aliphatic carbocycles. The maximum absolute atomic E-state index is 2.38. The van der Waals surface area contributed by atoms with Crippen LogP contribution in [0, 0.1) is 45.3 Å². The van der Waals surface area contributed by atoms with Crippen LogP contribution < -0.4 is 0 Å². The second-order valence-corrected chi connectivity index (χ2v) is 16.5. The molecule has 0 heterocycles. The second kappa shape index (κ2) is 11.4. The Balaban J connectivity index is 0.000000311. The molecule has 2 rings (SSSR count). The third-order valence-electron chi connectivity index (χ3n) is 7.22. The van der Waals surface area contributed by atoms with Crippen LogP contribution >= 0.6 is 0 Å². The first-order valence-electron chi connectivity index (χ1n) is 13.8. The van der Waals surface area contributed by atoms with Crippen LogP contribution in [0.2, 0.25) is 0 Å². The average Bonchev–Trinajstić information content (AvgIpc) is 2.89. The van der Waals surface area contributed by atoms with Gasteiger partial charge in [0.2, 0.25) is 0 Å². The maximum Gasteiger partial charge on any atom is -0.0380 e. The van der Waals surface area contributed by atoms with E-state index in [9.17, 15) is 0 Å². The first kappa shape index (κ1) is 29.0. The molecule has 2 saturated carbocycles. The highest BCUT2D eigenvalue weighted by Crippen LogP contribution is 2.43. The summed E-state index contributed by atoms with van der Waals surface area (Å²) in [5, 5.41) is 0. The van der Waals surface area contributed by atoms with E-state index in [0.717, 1.165) is 23.7 Å². The lowest BCUT2D eigenvalue weighted by Gasteiger charge is -2.35. The van der Waals surface area contributed by atoms with Crippen LogP contribution in [0.5, 0.6) is 0 Å². The summed E-state index contributed by atoms with van der Waals surface area (Å²) in [5.74, 6) is 4.04. The standard InChI is InChI=1S/C16H32.C15H30/c1-15(2,3)11-13-7-9-14(10-8-13)12-16(4,5)6;1-14(2,3)10-12-7-8-13(9-12)11-15(4,5)6/h13-14H,7-12H2,1-6H3;12-13H,7-11H2,1-6H3. The van der Waals surface area contributed by atoms with Crippen molar-refractivity contribution in [3.63, 3.8) is 0 Å². The molecule has 0 radical (unpaired) electrons. The van der Waals surface area contributed by atoms with Crippen molar-refractivity contribution in [3.8, 4) is 0 Å². The van der Waals surface area contributed by atoms with Crippen LogP contribution in [0.15, 0.2) is 0 Å². The zero-order valence-electron chi connectivity index (χ0n) is 24.1. The van der Waals surface area contributed by atoms with E-state index in [1.807, 2.05) is 0 Å².